The van der Waals surface area contributed by atoms with E-state index in [9.17, 15) is 0 Å². The zero-order valence-electron chi connectivity index (χ0n) is 17.4. The van der Waals surface area contributed by atoms with Crippen molar-refractivity contribution in [2.45, 2.75) is 33.2 Å². The second-order valence-corrected chi connectivity index (χ2v) is 7.98. The third-order valence-corrected chi connectivity index (χ3v) is 5.87. The van der Waals surface area contributed by atoms with Gasteiger partial charge in [-0.3, -0.25) is 5.10 Å². The van der Waals surface area contributed by atoms with Crippen LogP contribution in [0.3, 0.4) is 0 Å². The number of nitrogens with zero attached hydrogens (tertiary/aromatic N) is 5. The van der Waals surface area contributed by atoms with Gasteiger partial charge in [-0.05, 0) is 49.6 Å². The van der Waals surface area contributed by atoms with E-state index in [0.29, 0.717) is 12.5 Å². The number of aryl methyl sites for hydroxylation is 3. The molecule has 0 amide bonds. The van der Waals surface area contributed by atoms with Gasteiger partial charge in [-0.25, -0.2) is 9.97 Å². The van der Waals surface area contributed by atoms with Gasteiger partial charge in [0.25, 0.3) is 0 Å². The summed E-state index contributed by atoms with van der Waals surface area (Å²) >= 11 is 6.32. The lowest BCUT2D eigenvalue weighted by Crippen LogP contribution is -2.08. The molecule has 0 aliphatic carbocycles. The quantitative estimate of drug-likeness (QED) is 0.408. The lowest BCUT2D eigenvalue weighted by Gasteiger charge is -2.10. The second kappa shape index (κ2) is 8.00. The fourth-order valence-electron chi connectivity index (χ4n) is 3.81. The van der Waals surface area contributed by atoms with Crippen molar-refractivity contribution in [2.24, 2.45) is 0 Å². The molecule has 0 saturated heterocycles. The molecule has 0 unspecified atom stereocenters. The number of H-pyrrole nitrogens is 1. The zero-order valence-corrected chi connectivity index (χ0v) is 18.1. The van der Waals surface area contributed by atoms with Crippen LogP contribution in [-0.4, -0.2) is 29.8 Å². The highest BCUT2D eigenvalue weighted by Crippen LogP contribution is 2.23. The third kappa shape index (κ3) is 3.72. The minimum atomic E-state index is 0.544. The van der Waals surface area contributed by atoms with Gasteiger partial charge in [-0.2, -0.15) is 9.61 Å². The van der Waals surface area contributed by atoms with Gasteiger partial charge in [-0.15, -0.1) is 5.10 Å². The number of rotatable bonds is 6. The Hall–Kier alpha value is -3.45. The summed E-state index contributed by atoms with van der Waals surface area (Å²) in [6.07, 6.45) is 1.56. The first kappa shape index (κ1) is 19.5. The van der Waals surface area contributed by atoms with E-state index in [2.05, 4.69) is 15.5 Å². The van der Waals surface area contributed by atoms with Gasteiger partial charge in [-0.1, -0.05) is 41.9 Å². The zero-order chi connectivity index (χ0) is 21.4. The van der Waals surface area contributed by atoms with Gasteiger partial charge >= 0.3 is 0 Å². The van der Waals surface area contributed by atoms with Gasteiger partial charge < -0.3 is 5.32 Å². The van der Waals surface area contributed by atoms with Crippen LogP contribution < -0.4 is 5.32 Å². The summed E-state index contributed by atoms with van der Waals surface area (Å²) in [5.41, 5.74) is 6.00. The van der Waals surface area contributed by atoms with Crippen LogP contribution in [-0.2, 0) is 19.4 Å². The number of nitrogens with one attached hydrogen (secondary N) is 2. The first-order valence-electron chi connectivity index (χ1n) is 10.2. The van der Waals surface area contributed by atoms with E-state index < -0.39 is 0 Å². The van der Waals surface area contributed by atoms with Crippen LogP contribution in [0.5, 0.6) is 0 Å². The average Bonchev–Trinajstić information content (AvgIpc) is 3.35. The van der Waals surface area contributed by atoms with E-state index in [1.165, 1.54) is 5.56 Å². The molecule has 156 valence electrons. The van der Waals surface area contributed by atoms with E-state index in [1.807, 2.05) is 62.4 Å². The van der Waals surface area contributed by atoms with E-state index in [0.717, 1.165) is 57.2 Å². The van der Waals surface area contributed by atoms with Gasteiger partial charge in [0.1, 0.15) is 0 Å². The standard InChI is InChI=1S/C23H22ClN7/c1-14-17(15(2)29-28-14)11-12-21-27-22-18-8-4-6-10-20(18)26-23(31(22)30-21)25-13-16-7-3-5-9-19(16)24/h3-10H,11-13H2,1-2H3,(H,25,26)(H,28,29). The molecule has 0 bridgehead atoms. The summed E-state index contributed by atoms with van der Waals surface area (Å²) in [4.78, 5) is 9.64. The van der Waals surface area contributed by atoms with Crippen molar-refractivity contribution in [1.82, 2.24) is 29.8 Å². The van der Waals surface area contributed by atoms with E-state index in [4.69, 9.17) is 26.7 Å². The Bertz CT molecular complexity index is 1370. The Labute approximate surface area is 184 Å². The number of para-hydroxylation sites is 1. The Kier molecular flexibility index (Phi) is 5.03. The molecule has 7 nitrogen and oxygen atoms in total. The van der Waals surface area contributed by atoms with E-state index in [1.54, 1.807) is 4.52 Å². The first-order valence-corrected chi connectivity index (χ1v) is 10.6. The molecule has 0 atom stereocenters. The van der Waals surface area contributed by atoms with Crippen molar-refractivity contribution < 1.29 is 0 Å². The lowest BCUT2D eigenvalue weighted by atomic mass is 10.1. The average molecular weight is 432 g/mol. The molecule has 0 fully saturated rings. The van der Waals surface area contributed by atoms with Crippen molar-refractivity contribution in [2.75, 3.05) is 5.32 Å². The summed E-state index contributed by atoms with van der Waals surface area (Å²) in [7, 11) is 0. The van der Waals surface area contributed by atoms with E-state index >= 15 is 0 Å². The number of aromatic amines is 1. The fourth-order valence-corrected chi connectivity index (χ4v) is 4.02. The van der Waals surface area contributed by atoms with Gasteiger partial charge in [0.05, 0.1) is 11.2 Å². The van der Waals surface area contributed by atoms with Crippen LogP contribution in [0.25, 0.3) is 16.6 Å². The molecule has 2 N–H and O–H groups in total. The highest BCUT2D eigenvalue weighted by molar-refractivity contribution is 6.31. The molecule has 8 heteroatoms. The van der Waals surface area contributed by atoms with Crippen LogP contribution >= 0.6 is 11.6 Å². The Morgan fingerprint density at radius 1 is 1.00 bits per heavy atom. The Balaban J connectivity index is 1.51. The predicted molar refractivity (Wildman–Crippen MR) is 123 cm³/mol. The number of fused-ring (bicyclic) bond motifs is 3. The summed E-state index contributed by atoms with van der Waals surface area (Å²) in [6.45, 7) is 4.60. The van der Waals surface area contributed by atoms with Gasteiger partial charge in [0.15, 0.2) is 11.5 Å². The maximum Gasteiger partial charge on any atom is 0.226 e. The highest BCUT2D eigenvalue weighted by Gasteiger charge is 2.15. The number of benzene rings is 2. The number of hydrogen-bond donors (Lipinski definition) is 2. The van der Waals surface area contributed by atoms with Crippen LogP contribution in [0.4, 0.5) is 5.95 Å². The minimum Gasteiger partial charge on any atom is -0.350 e. The molecule has 3 heterocycles. The normalized spacial score (nSPS) is 11.5. The largest absolute Gasteiger partial charge is 0.350 e. The Morgan fingerprint density at radius 2 is 1.81 bits per heavy atom. The molecule has 2 aromatic carbocycles. The molecule has 0 aliphatic rings. The molecular weight excluding hydrogens is 410 g/mol. The van der Waals surface area contributed by atoms with Crippen molar-refractivity contribution >= 4 is 34.1 Å². The molecule has 0 saturated carbocycles. The van der Waals surface area contributed by atoms with Gasteiger partial charge in [0, 0.05) is 29.1 Å². The lowest BCUT2D eigenvalue weighted by molar-refractivity contribution is 0.823. The second-order valence-electron chi connectivity index (χ2n) is 7.57. The molecule has 3 aromatic heterocycles. The maximum absolute atomic E-state index is 6.32. The number of halogens is 1. The molecule has 0 aliphatic heterocycles. The SMILES string of the molecule is Cc1n[nH]c(C)c1CCc1nc2c3ccccc3nc(NCc3ccccc3Cl)n2n1. The summed E-state index contributed by atoms with van der Waals surface area (Å²) in [6, 6.07) is 15.8. The van der Waals surface area contributed by atoms with E-state index in [-0.39, 0.29) is 0 Å². The summed E-state index contributed by atoms with van der Waals surface area (Å²) in [5, 5.41) is 17.2. The van der Waals surface area contributed by atoms with Crippen LogP contribution in [0.1, 0.15) is 28.3 Å². The topological polar surface area (TPSA) is 83.8 Å². The van der Waals surface area contributed by atoms with Crippen molar-refractivity contribution in [1.29, 1.82) is 0 Å². The first-order chi connectivity index (χ1) is 15.1. The molecule has 5 rings (SSSR count). The predicted octanol–water partition coefficient (Wildman–Crippen LogP) is 4.67. The molecule has 31 heavy (non-hydrogen) atoms. The van der Waals surface area contributed by atoms with Gasteiger partial charge in [0.2, 0.25) is 5.95 Å². The number of hydrogen-bond acceptors (Lipinski definition) is 5. The Morgan fingerprint density at radius 3 is 2.61 bits per heavy atom. The van der Waals surface area contributed by atoms with Crippen LogP contribution in [0.15, 0.2) is 48.5 Å². The number of aromatic nitrogens is 6. The van der Waals surface area contributed by atoms with Crippen molar-refractivity contribution in [3.8, 4) is 0 Å². The monoisotopic (exact) mass is 431 g/mol. The van der Waals surface area contributed by atoms with Crippen molar-refractivity contribution in [3.63, 3.8) is 0 Å². The van der Waals surface area contributed by atoms with Crippen molar-refractivity contribution in [3.05, 3.63) is 81.9 Å². The summed E-state index contributed by atoms with van der Waals surface area (Å²) in [5.74, 6) is 1.42. The highest BCUT2D eigenvalue weighted by atomic mass is 35.5. The third-order valence-electron chi connectivity index (χ3n) is 5.50. The molecule has 5 aromatic rings. The minimum absolute atomic E-state index is 0.544. The molecular formula is C23H22ClN7. The number of anilines is 1. The fraction of sp³-hybridized carbons (Fsp3) is 0.217. The smallest absolute Gasteiger partial charge is 0.226 e. The van der Waals surface area contributed by atoms with Crippen LogP contribution in [0.2, 0.25) is 5.02 Å². The molecule has 0 radical (unpaired) electrons. The molecule has 0 spiro atoms. The summed E-state index contributed by atoms with van der Waals surface area (Å²) < 4.78 is 1.80. The van der Waals surface area contributed by atoms with Crippen LogP contribution in [0, 0.1) is 13.8 Å². The maximum atomic E-state index is 6.32.